The van der Waals surface area contributed by atoms with Gasteiger partial charge in [0.15, 0.2) is 0 Å². The van der Waals surface area contributed by atoms with Gasteiger partial charge in [-0.1, -0.05) is 0 Å². The van der Waals surface area contributed by atoms with Crippen LogP contribution in [0, 0.1) is 0 Å². The number of ether oxygens (including phenoxy) is 3. The predicted octanol–water partition coefficient (Wildman–Crippen LogP) is -0.921. The number of carbonyl (C=O) groups excluding carboxylic acids is 3. The minimum absolute atomic E-state index is 0.111. The van der Waals surface area contributed by atoms with E-state index in [9.17, 15) is 14.4 Å². The summed E-state index contributed by atoms with van der Waals surface area (Å²) in [5.74, 6) is -2.64. The van der Waals surface area contributed by atoms with Crippen LogP contribution in [0.25, 0.3) is 0 Å². The number of rotatable bonds is 2. The molecule has 1 N–H and O–H groups in total. The van der Waals surface area contributed by atoms with Gasteiger partial charge in [-0.3, -0.25) is 10.1 Å². The van der Waals surface area contributed by atoms with Crippen LogP contribution in [0.1, 0.15) is 6.92 Å². The van der Waals surface area contributed by atoms with Crippen LogP contribution in [-0.4, -0.2) is 37.8 Å². The standard InChI is InChI=1S/C9H11NO6/c1-5-4-6(11)10-9(16-5,7(12)14-2)8(13)15-3/h4H,1-3H3,(H,10,11). The lowest BCUT2D eigenvalue weighted by Crippen LogP contribution is -2.64. The molecule has 0 radical (unpaired) electrons. The Kier molecular flexibility index (Phi) is 3.17. The second kappa shape index (κ2) is 4.21. The van der Waals surface area contributed by atoms with Crippen molar-refractivity contribution in [2.24, 2.45) is 0 Å². The fourth-order valence-corrected chi connectivity index (χ4v) is 1.25. The lowest BCUT2D eigenvalue weighted by Gasteiger charge is -2.31. The van der Waals surface area contributed by atoms with Crippen molar-refractivity contribution >= 4 is 17.8 Å². The first-order chi connectivity index (χ1) is 7.46. The van der Waals surface area contributed by atoms with E-state index in [1.54, 1.807) is 0 Å². The van der Waals surface area contributed by atoms with Crippen molar-refractivity contribution < 1.29 is 28.6 Å². The molecule has 0 fully saturated rings. The number of esters is 2. The highest BCUT2D eigenvalue weighted by Crippen LogP contribution is 2.20. The Bertz CT molecular complexity index is 356. The Labute approximate surface area is 91.3 Å². The molecule has 88 valence electrons. The van der Waals surface area contributed by atoms with Crippen molar-refractivity contribution in [1.29, 1.82) is 0 Å². The average Bonchev–Trinajstić information content (AvgIpc) is 2.25. The smallest absolute Gasteiger partial charge is 0.384 e. The van der Waals surface area contributed by atoms with Crippen molar-refractivity contribution in [3.05, 3.63) is 11.8 Å². The Morgan fingerprint density at radius 2 is 1.81 bits per heavy atom. The van der Waals surface area contributed by atoms with Crippen molar-refractivity contribution in [3.63, 3.8) is 0 Å². The maximum Gasteiger partial charge on any atom is 0.384 e. The highest BCUT2D eigenvalue weighted by molar-refractivity contribution is 6.08. The van der Waals surface area contributed by atoms with Crippen LogP contribution >= 0.6 is 0 Å². The summed E-state index contributed by atoms with van der Waals surface area (Å²) in [6.45, 7) is 1.43. The summed E-state index contributed by atoms with van der Waals surface area (Å²) in [5.41, 5.74) is -2.25. The zero-order valence-electron chi connectivity index (χ0n) is 9.03. The van der Waals surface area contributed by atoms with Crippen molar-refractivity contribution in [3.8, 4) is 0 Å². The van der Waals surface area contributed by atoms with E-state index < -0.39 is 23.6 Å². The average molecular weight is 229 g/mol. The van der Waals surface area contributed by atoms with Gasteiger partial charge in [0.25, 0.3) is 5.91 Å². The van der Waals surface area contributed by atoms with Gasteiger partial charge in [-0.2, -0.15) is 0 Å². The first-order valence-corrected chi connectivity index (χ1v) is 4.32. The molecular formula is C9H11NO6. The zero-order chi connectivity index (χ0) is 12.3. The van der Waals surface area contributed by atoms with Crippen LogP contribution in [0.15, 0.2) is 11.8 Å². The highest BCUT2D eigenvalue weighted by Gasteiger charge is 2.54. The number of hydrogen-bond acceptors (Lipinski definition) is 6. The van der Waals surface area contributed by atoms with E-state index in [0.29, 0.717) is 0 Å². The molecule has 7 nitrogen and oxygen atoms in total. The maximum absolute atomic E-state index is 11.5. The van der Waals surface area contributed by atoms with Crippen LogP contribution in [0.3, 0.4) is 0 Å². The third-order valence-corrected chi connectivity index (χ3v) is 1.89. The molecule has 0 aromatic heterocycles. The second-order valence-corrected chi connectivity index (χ2v) is 3.01. The van der Waals surface area contributed by atoms with E-state index in [2.05, 4.69) is 14.8 Å². The lowest BCUT2D eigenvalue weighted by atomic mass is 10.2. The summed E-state index contributed by atoms with van der Waals surface area (Å²) in [7, 11) is 2.13. The molecule has 0 aliphatic carbocycles. The van der Waals surface area contributed by atoms with Gasteiger partial charge >= 0.3 is 17.7 Å². The molecule has 1 heterocycles. The molecule has 0 saturated carbocycles. The summed E-state index contributed by atoms with van der Waals surface area (Å²) < 4.78 is 13.8. The van der Waals surface area contributed by atoms with E-state index in [1.807, 2.05) is 0 Å². The molecule has 0 saturated heterocycles. The number of amides is 1. The van der Waals surface area contributed by atoms with E-state index in [0.717, 1.165) is 20.3 Å². The van der Waals surface area contributed by atoms with E-state index in [4.69, 9.17) is 4.74 Å². The minimum Gasteiger partial charge on any atom is -0.464 e. The van der Waals surface area contributed by atoms with Crippen LogP contribution in [0.5, 0.6) is 0 Å². The summed E-state index contributed by atoms with van der Waals surface area (Å²) in [5, 5.41) is 2.08. The van der Waals surface area contributed by atoms with Gasteiger partial charge in [-0.25, -0.2) is 9.59 Å². The summed E-state index contributed by atoms with van der Waals surface area (Å²) in [6, 6.07) is 0. The molecule has 0 aromatic rings. The monoisotopic (exact) mass is 229 g/mol. The third kappa shape index (κ3) is 1.83. The Balaban J connectivity index is 3.16. The SMILES string of the molecule is COC(=O)C1(C(=O)OC)NC(=O)C=C(C)O1. The minimum atomic E-state index is -2.25. The molecule has 1 aliphatic heterocycles. The van der Waals surface area contributed by atoms with Crippen LogP contribution in [-0.2, 0) is 28.6 Å². The van der Waals surface area contributed by atoms with Crippen LogP contribution in [0.2, 0.25) is 0 Å². The molecule has 1 amide bonds. The lowest BCUT2D eigenvalue weighted by molar-refractivity contribution is -0.190. The Morgan fingerprint density at radius 1 is 1.31 bits per heavy atom. The van der Waals surface area contributed by atoms with Gasteiger partial charge < -0.3 is 14.2 Å². The van der Waals surface area contributed by atoms with Gasteiger partial charge in [-0.15, -0.1) is 0 Å². The molecule has 1 aliphatic rings. The molecule has 0 bridgehead atoms. The van der Waals surface area contributed by atoms with Crippen molar-refractivity contribution in [2.45, 2.75) is 12.6 Å². The normalized spacial score (nSPS) is 17.7. The number of carbonyl (C=O) groups is 3. The predicted molar refractivity (Wildman–Crippen MR) is 49.7 cm³/mol. The maximum atomic E-state index is 11.5. The first kappa shape index (κ1) is 12.0. The summed E-state index contributed by atoms with van der Waals surface area (Å²) in [6.07, 6.45) is 1.10. The summed E-state index contributed by atoms with van der Waals surface area (Å²) >= 11 is 0. The zero-order valence-corrected chi connectivity index (χ0v) is 9.03. The number of hydrogen-bond donors (Lipinski definition) is 1. The molecule has 0 spiro atoms. The molecule has 7 heteroatoms. The van der Waals surface area contributed by atoms with Gasteiger partial charge in [0, 0.05) is 6.08 Å². The molecule has 16 heavy (non-hydrogen) atoms. The molecule has 1 rings (SSSR count). The van der Waals surface area contributed by atoms with Gasteiger partial charge in [0.05, 0.1) is 14.2 Å². The third-order valence-electron chi connectivity index (χ3n) is 1.89. The Morgan fingerprint density at radius 3 is 2.19 bits per heavy atom. The number of nitrogens with one attached hydrogen (secondary N) is 1. The number of methoxy groups -OCH3 is 2. The molecule has 0 unspecified atom stereocenters. The van der Waals surface area contributed by atoms with Gasteiger partial charge in [-0.05, 0) is 6.92 Å². The van der Waals surface area contributed by atoms with E-state index >= 15 is 0 Å². The van der Waals surface area contributed by atoms with Crippen molar-refractivity contribution in [2.75, 3.05) is 14.2 Å². The molecule has 0 atom stereocenters. The van der Waals surface area contributed by atoms with Gasteiger partial charge in [0.1, 0.15) is 5.76 Å². The topological polar surface area (TPSA) is 90.9 Å². The highest BCUT2D eigenvalue weighted by atomic mass is 16.6. The van der Waals surface area contributed by atoms with Gasteiger partial charge in [0.2, 0.25) is 0 Å². The second-order valence-electron chi connectivity index (χ2n) is 3.01. The largest absolute Gasteiger partial charge is 0.464 e. The summed E-state index contributed by atoms with van der Waals surface area (Å²) in [4.78, 5) is 34.2. The van der Waals surface area contributed by atoms with Crippen LogP contribution < -0.4 is 5.32 Å². The molecule has 0 aromatic carbocycles. The van der Waals surface area contributed by atoms with Crippen LogP contribution in [0.4, 0.5) is 0 Å². The first-order valence-electron chi connectivity index (χ1n) is 4.32. The van der Waals surface area contributed by atoms with E-state index in [-0.39, 0.29) is 5.76 Å². The fraction of sp³-hybridized carbons (Fsp3) is 0.444. The Hall–Kier alpha value is -2.05. The van der Waals surface area contributed by atoms with Crippen molar-refractivity contribution in [1.82, 2.24) is 5.32 Å². The fourth-order valence-electron chi connectivity index (χ4n) is 1.25. The van der Waals surface area contributed by atoms with E-state index in [1.165, 1.54) is 6.92 Å². The quantitative estimate of drug-likeness (QED) is 0.486. The molecular weight excluding hydrogens is 218 g/mol. The number of allylic oxidation sites excluding steroid dienone is 1.